The molecule has 0 fully saturated rings. The van der Waals surface area contributed by atoms with Crippen LogP contribution in [-0.2, 0) is 0 Å². The van der Waals surface area contributed by atoms with E-state index in [1.165, 1.54) is 5.56 Å². The average molecular weight is 271 g/mol. The molecule has 2 unspecified atom stereocenters. The van der Waals surface area contributed by atoms with Crippen molar-refractivity contribution >= 4 is 0 Å². The van der Waals surface area contributed by atoms with Crippen LogP contribution < -0.4 is 10.1 Å². The summed E-state index contributed by atoms with van der Waals surface area (Å²) in [7, 11) is 0. The summed E-state index contributed by atoms with van der Waals surface area (Å²) in [6, 6.07) is 8.65. The number of H-pyrrole nitrogens is 1. The number of hydrogen-bond donors (Lipinski definition) is 2. The summed E-state index contributed by atoms with van der Waals surface area (Å²) in [5.41, 5.74) is 1.33. The number of aromatic nitrogens is 2. The van der Waals surface area contributed by atoms with Gasteiger partial charge in [0.05, 0.1) is 12.6 Å². The fraction of sp³-hybridized carbons (Fsp3) is 0.438. The van der Waals surface area contributed by atoms with Crippen molar-refractivity contribution < 1.29 is 4.74 Å². The minimum Gasteiger partial charge on any atom is -0.493 e. The molecular formula is C16H21N3O. The highest BCUT2D eigenvalue weighted by molar-refractivity contribution is 5.37. The van der Waals surface area contributed by atoms with E-state index >= 15 is 0 Å². The summed E-state index contributed by atoms with van der Waals surface area (Å²) >= 11 is 0. The maximum absolute atomic E-state index is 5.74. The lowest BCUT2D eigenvalue weighted by molar-refractivity contribution is 0.254. The topological polar surface area (TPSA) is 49.9 Å². The standard InChI is InChI=1S/C16H21N3O/c1-2-17-14(16-18-8-9-19-16)11-12-7-10-20-15-6-4-3-5-13(12)15/h3-6,8-9,12,14,17H,2,7,10-11H2,1H3,(H,18,19). The molecule has 2 heterocycles. The zero-order valence-electron chi connectivity index (χ0n) is 11.8. The third-order valence-corrected chi connectivity index (χ3v) is 3.90. The third kappa shape index (κ3) is 2.70. The summed E-state index contributed by atoms with van der Waals surface area (Å²) in [5.74, 6) is 2.59. The molecule has 1 aromatic carbocycles. The van der Waals surface area contributed by atoms with E-state index in [4.69, 9.17) is 4.74 Å². The summed E-state index contributed by atoms with van der Waals surface area (Å²) < 4.78 is 5.74. The number of nitrogens with zero attached hydrogens (tertiary/aromatic N) is 1. The Labute approximate surface area is 119 Å². The molecule has 0 bridgehead atoms. The van der Waals surface area contributed by atoms with Crippen molar-refractivity contribution in [1.29, 1.82) is 0 Å². The second-order valence-corrected chi connectivity index (χ2v) is 5.19. The van der Waals surface area contributed by atoms with Crippen molar-refractivity contribution in [2.45, 2.75) is 31.7 Å². The van der Waals surface area contributed by atoms with Crippen LogP contribution in [0.1, 0.15) is 43.1 Å². The zero-order valence-corrected chi connectivity index (χ0v) is 11.8. The Morgan fingerprint density at radius 2 is 2.35 bits per heavy atom. The molecule has 1 aromatic heterocycles. The smallest absolute Gasteiger partial charge is 0.123 e. The first kappa shape index (κ1) is 13.2. The van der Waals surface area contributed by atoms with Crippen LogP contribution in [0.4, 0.5) is 0 Å². The summed E-state index contributed by atoms with van der Waals surface area (Å²) in [6.07, 6.45) is 5.82. The van der Waals surface area contributed by atoms with Gasteiger partial charge in [-0.1, -0.05) is 25.1 Å². The van der Waals surface area contributed by atoms with Gasteiger partial charge in [0, 0.05) is 12.4 Å². The quantitative estimate of drug-likeness (QED) is 0.879. The summed E-state index contributed by atoms with van der Waals surface area (Å²) in [5, 5.41) is 3.53. The number of nitrogens with one attached hydrogen (secondary N) is 2. The molecule has 0 aliphatic carbocycles. The van der Waals surface area contributed by atoms with Gasteiger partial charge < -0.3 is 15.0 Å². The number of benzene rings is 1. The van der Waals surface area contributed by atoms with Crippen LogP contribution in [0.25, 0.3) is 0 Å². The van der Waals surface area contributed by atoms with Crippen molar-refractivity contribution in [3.05, 3.63) is 48.0 Å². The second-order valence-electron chi connectivity index (χ2n) is 5.19. The normalized spacial score (nSPS) is 19.1. The van der Waals surface area contributed by atoms with Gasteiger partial charge in [-0.2, -0.15) is 0 Å². The molecule has 2 N–H and O–H groups in total. The molecule has 1 aliphatic rings. The molecule has 0 saturated carbocycles. The Hall–Kier alpha value is -1.81. The van der Waals surface area contributed by atoms with Gasteiger partial charge in [0.25, 0.3) is 0 Å². The predicted octanol–water partition coefficient (Wildman–Crippen LogP) is 3.02. The van der Waals surface area contributed by atoms with Gasteiger partial charge in [-0.05, 0) is 36.9 Å². The van der Waals surface area contributed by atoms with Gasteiger partial charge in [-0.15, -0.1) is 0 Å². The molecule has 4 nitrogen and oxygen atoms in total. The molecule has 20 heavy (non-hydrogen) atoms. The van der Waals surface area contributed by atoms with Crippen LogP contribution >= 0.6 is 0 Å². The molecule has 0 radical (unpaired) electrons. The second kappa shape index (κ2) is 6.09. The molecule has 2 aromatic rings. The minimum atomic E-state index is 0.270. The zero-order chi connectivity index (χ0) is 13.8. The fourth-order valence-electron chi connectivity index (χ4n) is 2.95. The molecule has 0 amide bonds. The SMILES string of the molecule is CCNC(CC1CCOc2ccccc21)c1ncc[nH]1. The largest absolute Gasteiger partial charge is 0.493 e. The summed E-state index contributed by atoms with van der Waals surface area (Å²) in [4.78, 5) is 7.64. The lowest BCUT2D eigenvalue weighted by Gasteiger charge is -2.28. The van der Waals surface area contributed by atoms with Gasteiger partial charge >= 0.3 is 0 Å². The molecule has 4 heteroatoms. The lowest BCUT2D eigenvalue weighted by Crippen LogP contribution is -2.26. The van der Waals surface area contributed by atoms with E-state index in [0.717, 1.165) is 37.6 Å². The highest BCUT2D eigenvalue weighted by Crippen LogP contribution is 2.38. The lowest BCUT2D eigenvalue weighted by atomic mass is 9.87. The average Bonchev–Trinajstić information content (AvgIpc) is 3.01. The van der Waals surface area contributed by atoms with Crippen molar-refractivity contribution in [2.24, 2.45) is 0 Å². The number of hydrogen-bond acceptors (Lipinski definition) is 3. The Kier molecular flexibility index (Phi) is 4.02. The predicted molar refractivity (Wildman–Crippen MR) is 78.9 cm³/mol. The van der Waals surface area contributed by atoms with E-state index in [9.17, 15) is 0 Å². The monoisotopic (exact) mass is 271 g/mol. The molecule has 0 spiro atoms. The van der Waals surface area contributed by atoms with E-state index in [0.29, 0.717) is 5.92 Å². The Morgan fingerprint density at radius 3 is 3.15 bits per heavy atom. The number of imidazole rings is 1. The van der Waals surface area contributed by atoms with Crippen molar-refractivity contribution in [2.75, 3.05) is 13.2 Å². The first-order valence-corrected chi connectivity index (χ1v) is 7.33. The van der Waals surface area contributed by atoms with Gasteiger partial charge in [0.2, 0.25) is 0 Å². The van der Waals surface area contributed by atoms with E-state index in [2.05, 4.69) is 40.4 Å². The van der Waals surface area contributed by atoms with Gasteiger partial charge in [-0.3, -0.25) is 0 Å². The molecular weight excluding hydrogens is 250 g/mol. The van der Waals surface area contributed by atoms with Gasteiger partial charge in [0.15, 0.2) is 0 Å². The van der Waals surface area contributed by atoms with Crippen molar-refractivity contribution in [1.82, 2.24) is 15.3 Å². The molecule has 106 valence electrons. The third-order valence-electron chi connectivity index (χ3n) is 3.90. The van der Waals surface area contributed by atoms with E-state index in [1.54, 1.807) is 0 Å². The Balaban J connectivity index is 1.79. The van der Waals surface area contributed by atoms with Crippen LogP contribution in [0.2, 0.25) is 0 Å². The number of fused-ring (bicyclic) bond motifs is 1. The van der Waals surface area contributed by atoms with Gasteiger partial charge in [-0.25, -0.2) is 4.98 Å². The van der Waals surface area contributed by atoms with Crippen LogP contribution in [0.15, 0.2) is 36.7 Å². The molecule has 3 rings (SSSR count). The molecule has 1 aliphatic heterocycles. The van der Waals surface area contributed by atoms with Crippen LogP contribution in [0, 0.1) is 0 Å². The van der Waals surface area contributed by atoms with E-state index in [1.807, 2.05) is 18.5 Å². The fourth-order valence-corrected chi connectivity index (χ4v) is 2.95. The summed E-state index contributed by atoms with van der Waals surface area (Å²) in [6.45, 7) is 3.88. The highest BCUT2D eigenvalue weighted by Gasteiger charge is 2.25. The maximum atomic E-state index is 5.74. The molecule has 0 saturated heterocycles. The van der Waals surface area contributed by atoms with Crippen LogP contribution in [-0.4, -0.2) is 23.1 Å². The molecule has 2 atom stereocenters. The first-order chi connectivity index (χ1) is 9.88. The van der Waals surface area contributed by atoms with E-state index < -0.39 is 0 Å². The van der Waals surface area contributed by atoms with Crippen molar-refractivity contribution in [3.8, 4) is 5.75 Å². The van der Waals surface area contributed by atoms with E-state index in [-0.39, 0.29) is 6.04 Å². The Bertz CT molecular complexity index is 538. The van der Waals surface area contributed by atoms with Crippen LogP contribution in [0.3, 0.4) is 0 Å². The Morgan fingerprint density at radius 1 is 1.45 bits per heavy atom. The van der Waals surface area contributed by atoms with Crippen LogP contribution in [0.5, 0.6) is 5.75 Å². The number of ether oxygens (including phenoxy) is 1. The van der Waals surface area contributed by atoms with Gasteiger partial charge in [0.1, 0.15) is 11.6 Å². The number of rotatable bonds is 5. The maximum Gasteiger partial charge on any atom is 0.123 e. The highest BCUT2D eigenvalue weighted by atomic mass is 16.5. The number of aromatic amines is 1. The first-order valence-electron chi connectivity index (χ1n) is 7.33. The van der Waals surface area contributed by atoms with Crippen molar-refractivity contribution in [3.63, 3.8) is 0 Å². The minimum absolute atomic E-state index is 0.270. The number of para-hydroxylation sites is 1.